The Morgan fingerprint density at radius 2 is 1.91 bits per heavy atom. The van der Waals surface area contributed by atoms with Gasteiger partial charge in [-0.1, -0.05) is 48.5 Å². The summed E-state index contributed by atoms with van der Waals surface area (Å²) in [7, 11) is 0. The van der Waals surface area contributed by atoms with Gasteiger partial charge in [-0.2, -0.15) is 0 Å². The number of anilines is 1. The number of carbonyl (C=O) groups is 1. The number of hydrogen-bond acceptors (Lipinski definition) is 4. The molecule has 2 aromatic carbocycles. The van der Waals surface area contributed by atoms with E-state index in [-0.39, 0.29) is 0 Å². The Kier molecular flexibility index (Phi) is 2.97. The molecule has 114 valence electrons. The van der Waals surface area contributed by atoms with E-state index in [1.807, 2.05) is 48.5 Å². The summed E-state index contributed by atoms with van der Waals surface area (Å²) in [4.78, 5) is 29.1. The average molecular weight is 307 g/mol. The van der Waals surface area contributed by atoms with Gasteiger partial charge in [-0.3, -0.25) is 14.9 Å². The van der Waals surface area contributed by atoms with Gasteiger partial charge in [0, 0.05) is 17.7 Å². The Morgan fingerprint density at radius 1 is 1.13 bits per heavy atom. The quantitative estimate of drug-likeness (QED) is 0.629. The van der Waals surface area contributed by atoms with Crippen LogP contribution in [0.2, 0.25) is 0 Å². The molecule has 6 nitrogen and oxygen atoms in total. The molecule has 23 heavy (non-hydrogen) atoms. The summed E-state index contributed by atoms with van der Waals surface area (Å²) in [5, 5.41) is 11.4. The van der Waals surface area contributed by atoms with Crippen LogP contribution in [0.15, 0.2) is 53.5 Å². The van der Waals surface area contributed by atoms with Crippen molar-refractivity contribution in [2.45, 2.75) is 12.6 Å². The summed E-state index contributed by atoms with van der Waals surface area (Å²) in [6, 6.07) is 15.0. The highest BCUT2D eigenvalue weighted by Crippen LogP contribution is 2.36. The van der Waals surface area contributed by atoms with Crippen molar-refractivity contribution in [2.24, 2.45) is 4.99 Å². The molecule has 0 saturated carbocycles. The van der Waals surface area contributed by atoms with E-state index in [1.54, 1.807) is 0 Å². The number of para-hydroxylation sites is 1. The molecule has 0 fully saturated rings. The molecular weight excluding hydrogens is 294 g/mol. The van der Waals surface area contributed by atoms with Crippen LogP contribution >= 0.6 is 0 Å². The molecule has 0 N–H and O–H groups in total. The lowest BCUT2D eigenvalue weighted by Gasteiger charge is -2.17. The minimum absolute atomic E-state index is 0.465. The maximum absolute atomic E-state index is 12.6. The summed E-state index contributed by atoms with van der Waals surface area (Å²) in [6.07, 6.45) is -0.884. The Hall–Kier alpha value is -3.02. The summed E-state index contributed by atoms with van der Waals surface area (Å²) < 4.78 is 0. The molecule has 1 atom stereocenters. The van der Waals surface area contributed by atoms with Crippen molar-refractivity contribution >= 4 is 17.3 Å². The second-order valence-corrected chi connectivity index (χ2v) is 5.56. The first-order valence-electron chi connectivity index (χ1n) is 7.37. The minimum Gasteiger partial charge on any atom is -0.303 e. The highest BCUT2D eigenvalue weighted by Gasteiger charge is 2.41. The van der Waals surface area contributed by atoms with Gasteiger partial charge >= 0.3 is 12.1 Å². The lowest BCUT2D eigenvalue weighted by molar-refractivity contribution is -0.505. The first-order chi connectivity index (χ1) is 11.2. The lowest BCUT2D eigenvalue weighted by atomic mass is 9.98. The van der Waals surface area contributed by atoms with Gasteiger partial charge in [0.25, 0.3) is 0 Å². The molecule has 1 amide bonds. The summed E-state index contributed by atoms with van der Waals surface area (Å²) in [6.45, 7) is 0.465. The van der Waals surface area contributed by atoms with Gasteiger partial charge in [0.1, 0.15) is 0 Å². The molecule has 0 bridgehead atoms. The maximum atomic E-state index is 12.6. The van der Waals surface area contributed by atoms with E-state index in [9.17, 15) is 14.9 Å². The molecule has 2 aromatic rings. The van der Waals surface area contributed by atoms with Crippen LogP contribution < -0.4 is 4.90 Å². The van der Waals surface area contributed by atoms with E-state index in [0.29, 0.717) is 18.7 Å². The zero-order valence-electron chi connectivity index (χ0n) is 12.2. The van der Waals surface area contributed by atoms with Gasteiger partial charge < -0.3 is 4.90 Å². The summed E-state index contributed by atoms with van der Waals surface area (Å²) in [5.74, 6) is -0.563. The molecule has 0 aliphatic carbocycles. The number of nitro groups is 1. The second-order valence-electron chi connectivity index (χ2n) is 5.56. The van der Waals surface area contributed by atoms with Crippen molar-refractivity contribution in [2.75, 3.05) is 11.4 Å². The van der Waals surface area contributed by atoms with Gasteiger partial charge in [0.2, 0.25) is 0 Å². The predicted molar refractivity (Wildman–Crippen MR) is 85.4 cm³/mol. The van der Waals surface area contributed by atoms with Crippen LogP contribution in [-0.4, -0.2) is 29.3 Å². The maximum Gasteiger partial charge on any atom is 0.382 e. The van der Waals surface area contributed by atoms with Crippen molar-refractivity contribution in [3.63, 3.8) is 0 Å². The van der Waals surface area contributed by atoms with Crippen molar-refractivity contribution in [3.05, 3.63) is 75.3 Å². The molecule has 0 aromatic heterocycles. The number of amides is 1. The van der Waals surface area contributed by atoms with Crippen LogP contribution in [0.3, 0.4) is 0 Å². The number of aliphatic imine (C=N–C) groups is 1. The number of rotatable bonds is 2. The fraction of sp³-hybridized carbons (Fsp3) is 0.176. The minimum atomic E-state index is -1.59. The Morgan fingerprint density at radius 3 is 2.65 bits per heavy atom. The van der Waals surface area contributed by atoms with E-state index in [1.165, 1.54) is 4.90 Å². The topological polar surface area (TPSA) is 75.8 Å². The highest BCUT2D eigenvalue weighted by atomic mass is 16.6. The average Bonchev–Trinajstić information content (AvgIpc) is 2.94. The molecule has 2 heterocycles. The second kappa shape index (κ2) is 5.01. The Balaban J connectivity index is 2.00. The lowest BCUT2D eigenvalue weighted by Crippen LogP contribution is -2.40. The van der Waals surface area contributed by atoms with Crippen LogP contribution in [-0.2, 0) is 11.2 Å². The molecule has 4 rings (SSSR count). The van der Waals surface area contributed by atoms with Gasteiger partial charge in [0.15, 0.2) is 0 Å². The van der Waals surface area contributed by atoms with Gasteiger partial charge in [-0.15, -0.1) is 0 Å². The number of carbonyl (C=O) groups excluding carboxylic acids is 1. The van der Waals surface area contributed by atoms with Crippen LogP contribution in [0, 0.1) is 10.1 Å². The van der Waals surface area contributed by atoms with E-state index >= 15 is 0 Å². The summed E-state index contributed by atoms with van der Waals surface area (Å²) >= 11 is 0. The zero-order valence-corrected chi connectivity index (χ0v) is 12.2. The Labute approximate surface area is 132 Å². The molecule has 2 aliphatic rings. The third-order valence-electron chi connectivity index (χ3n) is 4.23. The third kappa shape index (κ3) is 2.03. The van der Waals surface area contributed by atoms with E-state index in [2.05, 4.69) is 4.99 Å². The molecule has 2 aliphatic heterocycles. The van der Waals surface area contributed by atoms with E-state index < -0.39 is 17.0 Å². The molecule has 1 unspecified atom stereocenters. The SMILES string of the molecule is O=C1C([N+](=O)[O-])N=C(c2ccccc2)c2cccc3c2N1CC3. The third-order valence-corrected chi connectivity index (χ3v) is 4.23. The normalized spacial score (nSPS) is 19.1. The first kappa shape index (κ1) is 13.6. The molecule has 0 radical (unpaired) electrons. The molecule has 6 heteroatoms. The number of nitrogens with zero attached hydrogens (tertiary/aromatic N) is 3. The molecule has 0 saturated heterocycles. The van der Waals surface area contributed by atoms with Crippen LogP contribution in [0.1, 0.15) is 16.7 Å². The van der Waals surface area contributed by atoms with Crippen molar-refractivity contribution in [3.8, 4) is 0 Å². The smallest absolute Gasteiger partial charge is 0.303 e. The monoisotopic (exact) mass is 307 g/mol. The standard InChI is InChI=1S/C17H13N3O3/c21-17-16(20(22)23)18-14(11-5-2-1-3-6-11)13-8-4-7-12-9-10-19(17)15(12)13/h1-8,16H,9-10H2. The fourth-order valence-corrected chi connectivity index (χ4v) is 3.22. The largest absolute Gasteiger partial charge is 0.382 e. The zero-order chi connectivity index (χ0) is 16.0. The van der Waals surface area contributed by atoms with Crippen molar-refractivity contribution < 1.29 is 9.72 Å². The van der Waals surface area contributed by atoms with Crippen LogP contribution in [0.25, 0.3) is 0 Å². The molecule has 0 spiro atoms. The highest BCUT2D eigenvalue weighted by molar-refractivity contribution is 6.20. The van der Waals surface area contributed by atoms with E-state index in [0.717, 1.165) is 22.4 Å². The molecular formula is C17H13N3O3. The Bertz CT molecular complexity index is 845. The van der Waals surface area contributed by atoms with Gasteiger partial charge in [0.05, 0.1) is 16.3 Å². The van der Waals surface area contributed by atoms with E-state index in [4.69, 9.17) is 0 Å². The van der Waals surface area contributed by atoms with Crippen molar-refractivity contribution in [1.82, 2.24) is 0 Å². The number of hydrogen-bond donors (Lipinski definition) is 0. The van der Waals surface area contributed by atoms with Gasteiger partial charge in [-0.05, 0) is 12.0 Å². The summed E-state index contributed by atoms with van der Waals surface area (Å²) in [5.41, 5.74) is 3.85. The fourth-order valence-electron chi connectivity index (χ4n) is 3.22. The van der Waals surface area contributed by atoms with Gasteiger partial charge in [-0.25, -0.2) is 4.99 Å². The number of benzene rings is 2. The predicted octanol–water partition coefficient (Wildman–Crippen LogP) is 2.03. The van der Waals surface area contributed by atoms with Crippen LogP contribution in [0.4, 0.5) is 5.69 Å². The van der Waals surface area contributed by atoms with Crippen molar-refractivity contribution in [1.29, 1.82) is 0 Å². The van der Waals surface area contributed by atoms with Crippen LogP contribution in [0.5, 0.6) is 0 Å². The first-order valence-corrected chi connectivity index (χ1v) is 7.37.